The highest BCUT2D eigenvalue weighted by Crippen LogP contribution is 2.09. The van der Waals surface area contributed by atoms with Crippen molar-refractivity contribution in [1.82, 2.24) is 10.2 Å². The maximum atomic E-state index is 11.6. The number of amides is 1. The van der Waals surface area contributed by atoms with Gasteiger partial charge in [-0.2, -0.15) is 0 Å². The Balaban J connectivity index is 2.34. The molecule has 0 aromatic heterocycles. The lowest BCUT2D eigenvalue weighted by Gasteiger charge is -2.19. The van der Waals surface area contributed by atoms with E-state index in [4.69, 9.17) is 0 Å². The fraction of sp³-hybridized carbons (Fsp3) is 0.889. The molecule has 3 nitrogen and oxygen atoms in total. The lowest BCUT2D eigenvalue weighted by molar-refractivity contribution is -0.131. The fourth-order valence-electron chi connectivity index (χ4n) is 1.52. The molecular weight excluding hydrogens is 152 g/mol. The summed E-state index contributed by atoms with van der Waals surface area (Å²) in [7, 11) is 1.86. The minimum Gasteiger partial charge on any atom is -0.344 e. The highest BCUT2D eigenvalue weighted by Gasteiger charge is 2.25. The van der Waals surface area contributed by atoms with E-state index in [9.17, 15) is 4.79 Å². The second-order valence-electron chi connectivity index (χ2n) is 3.32. The van der Waals surface area contributed by atoms with E-state index in [0.717, 1.165) is 32.4 Å². The molecule has 0 N–H and O–H groups in total. The van der Waals surface area contributed by atoms with E-state index in [2.05, 4.69) is 12.2 Å². The van der Waals surface area contributed by atoms with Gasteiger partial charge in [-0.05, 0) is 19.3 Å². The third kappa shape index (κ3) is 2.21. The molecule has 0 saturated carbocycles. The van der Waals surface area contributed by atoms with Crippen molar-refractivity contribution in [3.05, 3.63) is 0 Å². The molecule has 3 heteroatoms. The van der Waals surface area contributed by atoms with Crippen LogP contribution in [0.25, 0.3) is 0 Å². The molecule has 69 valence electrons. The Labute approximate surface area is 74.1 Å². The van der Waals surface area contributed by atoms with Crippen molar-refractivity contribution in [3.63, 3.8) is 0 Å². The molecular formula is C9H17N2O. The highest BCUT2D eigenvalue weighted by atomic mass is 16.2. The predicted molar refractivity (Wildman–Crippen MR) is 48.0 cm³/mol. The minimum atomic E-state index is -0.0263. The van der Waals surface area contributed by atoms with E-state index in [1.165, 1.54) is 0 Å². The summed E-state index contributed by atoms with van der Waals surface area (Å²) in [4.78, 5) is 13.4. The maximum absolute atomic E-state index is 11.6. The SMILES string of the molecule is CCCN(C)C(=O)C1CCC[N]1. The van der Waals surface area contributed by atoms with Crippen molar-refractivity contribution in [3.8, 4) is 0 Å². The smallest absolute Gasteiger partial charge is 0.241 e. The van der Waals surface area contributed by atoms with Crippen LogP contribution in [0.5, 0.6) is 0 Å². The van der Waals surface area contributed by atoms with Gasteiger partial charge in [0.05, 0.1) is 0 Å². The molecule has 0 aromatic rings. The lowest BCUT2D eigenvalue weighted by Crippen LogP contribution is -2.39. The number of likely N-dealkylation sites (N-methyl/N-ethyl adjacent to an activating group) is 1. The Morgan fingerprint density at radius 2 is 2.42 bits per heavy atom. The Morgan fingerprint density at radius 3 is 2.92 bits per heavy atom. The second kappa shape index (κ2) is 4.45. The first kappa shape index (κ1) is 9.52. The topological polar surface area (TPSA) is 34.4 Å². The van der Waals surface area contributed by atoms with Gasteiger partial charge in [0.1, 0.15) is 6.04 Å². The van der Waals surface area contributed by atoms with Crippen LogP contribution in [0.2, 0.25) is 0 Å². The minimum absolute atomic E-state index is 0.0263. The quantitative estimate of drug-likeness (QED) is 0.610. The average Bonchev–Trinajstić information content (AvgIpc) is 2.55. The predicted octanol–water partition coefficient (Wildman–Crippen LogP) is 0.622. The Bertz CT molecular complexity index is 153. The van der Waals surface area contributed by atoms with Crippen molar-refractivity contribution in [2.45, 2.75) is 32.2 Å². The molecule has 0 aromatic carbocycles. The molecule has 1 saturated heterocycles. The van der Waals surface area contributed by atoms with E-state index < -0.39 is 0 Å². The molecule has 1 fully saturated rings. The molecule has 0 bridgehead atoms. The monoisotopic (exact) mass is 169 g/mol. The summed E-state index contributed by atoms with van der Waals surface area (Å²) in [6, 6.07) is -0.0263. The van der Waals surface area contributed by atoms with Crippen LogP contribution in [0.1, 0.15) is 26.2 Å². The summed E-state index contributed by atoms with van der Waals surface area (Å²) in [5.74, 6) is 0.203. The first-order valence-electron chi connectivity index (χ1n) is 4.67. The summed E-state index contributed by atoms with van der Waals surface area (Å²) >= 11 is 0. The van der Waals surface area contributed by atoms with Crippen molar-refractivity contribution in [2.75, 3.05) is 20.1 Å². The van der Waals surface area contributed by atoms with Gasteiger partial charge in [-0.25, -0.2) is 5.32 Å². The van der Waals surface area contributed by atoms with Crippen LogP contribution < -0.4 is 5.32 Å². The zero-order valence-electron chi connectivity index (χ0n) is 7.92. The van der Waals surface area contributed by atoms with Crippen LogP contribution >= 0.6 is 0 Å². The van der Waals surface area contributed by atoms with Gasteiger partial charge in [0.2, 0.25) is 5.91 Å². The van der Waals surface area contributed by atoms with Crippen molar-refractivity contribution in [2.24, 2.45) is 0 Å². The summed E-state index contributed by atoms with van der Waals surface area (Å²) < 4.78 is 0. The van der Waals surface area contributed by atoms with Crippen LogP contribution in [0.3, 0.4) is 0 Å². The highest BCUT2D eigenvalue weighted by molar-refractivity contribution is 5.81. The second-order valence-corrected chi connectivity index (χ2v) is 3.32. The summed E-state index contributed by atoms with van der Waals surface area (Å²) in [6.07, 6.45) is 3.05. The van der Waals surface area contributed by atoms with Crippen LogP contribution in [-0.2, 0) is 4.79 Å². The number of carbonyl (C=O) groups is 1. The average molecular weight is 169 g/mol. The van der Waals surface area contributed by atoms with E-state index in [1.807, 2.05) is 7.05 Å². The number of hydrogen-bond acceptors (Lipinski definition) is 1. The maximum Gasteiger partial charge on any atom is 0.241 e. The van der Waals surface area contributed by atoms with Gasteiger partial charge < -0.3 is 4.90 Å². The molecule has 1 aliphatic rings. The first-order chi connectivity index (χ1) is 5.75. The van der Waals surface area contributed by atoms with Gasteiger partial charge in [-0.15, -0.1) is 0 Å². The van der Waals surface area contributed by atoms with E-state index in [0.29, 0.717) is 0 Å². The van der Waals surface area contributed by atoms with Gasteiger partial charge in [-0.1, -0.05) is 6.92 Å². The third-order valence-electron chi connectivity index (χ3n) is 2.21. The number of nitrogens with zero attached hydrogens (tertiary/aromatic N) is 2. The van der Waals surface area contributed by atoms with Gasteiger partial charge in [0.15, 0.2) is 0 Å². The van der Waals surface area contributed by atoms with E-state index in [1.54, 1.807) is 4.90 Å². The molecule has 12 heavy (non-hydrogen) atoms. The van der Waals surface area contributed by atoms with Crippen LogP contribution in [0.15, 0.2) is 0 Å². The van der Waals surface area contributed by atoms with Gasteiger partial charge in [-0.3, -0.25) is 4.79 Å². The fourth-order valence-corrected chi connectivity index (χ4v) is 1.52. The molecule has 1 aliphatic heterocycles. The lowest BCUT2D eigenvalue weighted by atomic mass is 10.2. The van der Waals surface area contributed by atoms with E-state index in [-0.39, 0.29) is 11.9 Å². The third-order valence-corrected chi connectivity index (χ3v) is 2.21. The summed E-state index contributed by atoms with van der Waals surface area (Å²) in [6.45, 7) is 3.80. The standard InChI is InChI=1S/C9H17N2O/c1-3-7-11(2)9(12)8-5-4-6-10-8/h8H,3-7H2,1-2H3. The van der Waals surface area contributed by atoms with E-state index >= 15 is 0 Å². The van der Waals surface area contributed by atoms with Crippen molar-refractivity contribution >= 4 is 5.91 Å². The van der Waals surface area contributed by atoms with Gasteiger partial charge >= 0.3 is 0 Å². The molecule has 1 atom stereocenters. The molecule has 1 amide bonds. The van der Waals surface area contributed by atoms with Crippen molar-refractivity contribution < 1.29 is 4.79 Å². The molecule has 0 aliphatic carbocycles. The number of carbonyl (C=O) groups excluding carboxylic acids is 1. The molecule has 0 spiro atoms. The molecule has 1 unspecified atom stereocenters. The normalized spacial score (nSPS) is 22.7. The molecule has 1 rings (SSSR count). The van der Waals surface area contributed by atoms with Gasteiger partial charge in [0.25, 0.3) is 0 Å². The molecule has 1 radical (unpaired) electrons. The van der Waals surface area contributed by atoms with Gasteiger partial charge in [0, 0.05) is 20.1 Å². The zero-order chi connectivity index (χ0) is 8.97. The van der Waals surface area contributed by atoms with Crippen molar-refractivity contribution in [1.29, 1.82) is 0 Å². The number of rotatable bonds is 3. The Kier molecular flexibility index (Phi) is 3.53. The Morgan fingerprint density at radius 1 is 1.67 bits per heavy atom. The zero-order valence-corrected chi connectivity index (χ0v) is 7.92. The van der Waals surface area contributed by atoms with Crippen LogP contribution in [0.4, 0.5) is 0 Å². The first-order valence-corrected chi connectivity index (χ1v) is 4.67. The van der Waals surface area contributed by atoms with Crippen LogP contribution in [-0.4, -0.2) is 37.0 Å². The largest absolute Gasteiger partial charge is 0.344 e. The Hall–Kier alpha value is -0.570. The summed E-state index contributed by atoms with van der Waals surface area (Å²) in [5.41, 5.74) is 0. The molecule has 1 heterocycles. The number of hydrogen-bond donors (Lipinski definition) is 0. The summed E-state index contributed by atoms with van der Waals surface area (Å²) in [5, 5.41) is 4.25. The van der Waals surface area contributed by atoms with Crippen LogP contribution in [0, 0.1) is 0 Å².